The van der Waals surface area contributed by atoms with E-state index >= 15 is 0 Å². The largest absolute Gasteiger partial charge is 0.393 e. The Hall–Kier alpha value is -0.210. The third-order valence-corrected chi connectivity index (χ3v) is 4.75. The van der Waals surface area contributed by atoms with Crippen molar-refractivity contribution in [2.24, 2.45) is 0 Å². The van der Waals surface area contributed by atoms with E-state index in [4.69, 9.17) is 4.74 Å². The lowest BCUT2D eigenvalue weighted by molar-refractivity contribution is 0.130. The summed E-state index contributed by atoms with van der Waals surface area (Å²) in [5.41, 5.74) is 0. The van der Waals surface area contributed by atoms with Crippen LogP contribution in [0.2, 0.25) is 0 Å². The maximum atomic E-state index is 12.1. The number of piperidine rings is 1. The number of hydrogen-bond donors (Lipinski definition) is 2. The minimum atomic E-state index is -3.46. The zero-order valence-electron chi connectivity index (χ0n) is 11.1. The zero-order valence-corrected chi connectivity index (χ0v) is 11.9. The first-order chi connectivity index (χ1) is 8.47. The summed E-state index contributed by atoms with van der Waals surface area (Å²) in [4.78, 5) is 0. The quantitative estimate of drug-likeness (QED) is 0.648. The second-order valence-electron chi connectivity index (χ2n) is 4.74. The molecule has 7 heteroatoms. The molecule has 0 aromatic carbocycles. The number of nitrogens with one attached hydrogen (secondary N) is 1. The number of rotatable bonds is 7. The van der Waals surface area contributed by atoms with Crippen LogP contribution >= 0.6 is 0 Å². The average molecular weight is 280 g/mol. The first-order valence-corrected chi connectivity index (χ1v) is 7.85. The van der Waals surface area contributed by atoms with Gasteiger partial charge in [0, 0.05) is 26.2 Å². The third-order valence-electron chi connectivity index (χ3n) is 3.09. The van der Waals surface area contributed by atoms with Crippen molar-refractivity contribution in [2.45, 2.75) is 44.8 Å². The third kappa shape index (κ3) is 4.81. The first-order valence-electron chi connectivity index (χ1n) is 6.41. The van der Waals surface area contributed by atoms with Gasteiger partial charge in [0.05, 0.1) is 12.7 Å². The second-order valence-corrected chi connectivity index (χ2v) is 6.45. The van der Waals surface area contributed by atoms with E-state index < -0.39 is 16.3 Å². The van der Waals surface area contributed by atoms with Crippen molar-refractivity contribution >= 4 is 10.2 Å². The molecule has 0 amide bonds. The van der Waals surface area contributed by atoms with Gasteiger partial charge in [-0.15, -0.1) is 0 Å². The predicted molar refractivity (Wildman–Crippen MR) is 69.4 cm³/mol. The fraction of sp³-hybridized carbons (Fsp3) is 1.00. The van der Waals surface area contributed by atoms with Gasteiger partial charge in [-0.05, 0) is 26.2 Å². The normalized spacial score (nSPS) is 24.1. The zero-order chi connectivity index (χ0) is 13.6. The Morgan fingerprint density at radius 3 is 2.83 bits per heavy atom. The van der Waals surface area contributed by atoms with Crippen LogP contribution in [0.25, 0.3) is 0 Å². The summed E-state index contributed by atoms with van der Waals surface area (Å²) in [6.07, 6.45) is 2.72. The molecule has 2 N–H and O–H groups in total. The van der Waals surface area contributed by atoms with E-state index in [1.54, 1.807) is 6.92 Å². The van der Waals surface area contributed by atoms with Crippen molar-refractivity contribution in [3.8, 4) is 0 Å². The fourth-order valence-electron chi connectivity index (χ4n) is 2.28. The van der Waals surface area contributed by atoms with Crippen LogP contribution in [-0.4, -0.2) is 56.8 Å². The highest BCUT2D eigenvalue weighted by Crippen LogP contribution is 2.23. The molecule has 0 aliphatic carbocycles. The summed E-state index contributed by atoms with van der Waals surface area (Å²) < 4.78 is 33.1. The van der Waals surface area contributed by atoms with Crippen LogP contribution in [0.5, 0.6) is 0 Å². The van der Waals surface area contributed by atoms with Crippen LogP contribution in [0.3, 0.4) is 0 Å². The van der Waals surface area contributed by atoms with Crippen molar-refractivity contribution < 1.29 is 18.3 Å². The topological polar surface area (TPSA) is 78.9 Å². The van der Waals surface area contributed by atoms with E-state index in [0.29, 0.717) is 19.6 Å². The van der Waals surface area contributed by atoms with E-state index in [0.717, 1.165) is 19.3 Å². The SMILES string of the molecule is COCCNS(=O)(=O)N1CCCCC1CC(C)O. The van der Waals surface area contributed by atoms with Gasteiger partial charge >= 0.3 is 0 Å². The summed E-state index contributed by atoms with van der Waals surface area (Å²) in [6.45, 7) is 2.85. The van der Waals surface area contributed by atoms with Crippen LogP contribution in [0.4, 0.5) is 0 Å². The van der Waals surface area contributed by atoms with Gasteiger partial charge in [-0.3, -0.25) is 0 Å². The van der Waals surface area contributed by atoms with Crippen LogP contribution in [0.15, 0.2) is 0 Å². The van der Waals surface area contributed by atoms with Crippen molar-refractivity contribution in [3.05, 3.63) is 0 Å². The maximum Gasteiger partial charge on any atom is 0.279 e. The van der Waals surface area contributed by atoms with Gasteiger partial charge in [0.1, 0.15) is 0 Å². The number of nitrogens with zero attached hydrogens (tertiary/aromatic N) is 1. The Balaban J connectivity index is 2.63. The van der Waals surface area contributed by atoms with Crippen molar-refractivity contribution in [1.29, 1.82) is 0 Å². The molecule has 2 atom stereocenters. The molecule has 1 rings (SSSR count). The van der Waals surface area contributed by atoms with E-state index in [-0.39, 0.29) is 12.6 Å². The van der Waals surface area contributed by atoms with Gasteiger partial charge < -0.3 is 9.84 Å². The van der Waals surface area contributed by atoms with Crippen LogP contribution in [-0.2, 0) is 14.9 Å². The molecule has 1 heterocycles. The van der Waals surface area contributed by atoms with Gasteiger partial charge in [-0.25, -0.2) is 0 Å². The summed E-state index contributed by atoms with van der Waals surface area (Å²) >= 11 is 0. The lowest BCUT2D eigenvalue weighted by Crippen LogP contribution is -2.50. The summed E-state index contributed by atoms with van der Waals surface area (Å²) in [5, 5.41) is 9.44. The predicted octanol–water partition coefficient (Wildman–Crippen LogP) is 0.0926. The Bertz CT molecular complexity index is 332. The summed E-state index contributed by atoms with van der Waals surface area (Å²) in [5.74, 6) is 0. The number of aliphatic hydroxyl groups is 1. The van der Waals surface area contributed by atoms with Crippen molar-refractivity contribution in [3.63, 3.8) is 0 Å². The number of methoxy groups -OCH3 is 1. The second kappa shape index (κ2) is 7.40. The first kappa shape index (κ1) is 15.8. The van der Waals surface area contributed by atoms with Gasteiger partial charge in [-0.1, -0.05) is 6.42 Å². The van der Waals surface area contributed by atoms with Crippen LogP contribution < -0.4 is 4.72 Å². The molecular weight excluding hydrogens is 256 g/mol. The Morgan fingerprint density at radius 1 is 1.50 bits per heavy atom. The molecule has 0 spiro atoms. The van der Waals surface area contributed by atoms with Crippen LogP contribution in [0, 0.1) is 0 Å². The highest BCUT2D eigenvalue weighted by atomic mass is 32.2. The number of ether oxygens (including phenoxy) is 1. The molecule has 0 radical (unpaired) electrons. The summed E-state index contributed by atoms with van der Waals surface area (Å²) in [7, 11) is -1.92. The molecule has 108 valence electrons. The number of aliphatic hydroxyl groups excluding tert-OH is 1. The molecule has 1 saturated heterocycles. The molecule has 2 unspecified atom stereocenters. The van der Waals surface area contributed by atoms with Crippen LogP contribution in [0.1, 0.15) is 32.6 Å². The molecule has 1 fully saturated rings. The maximum absolute atomic E-state index is 12.1. The highest BCUT2D eigenvalue weighted by molar-refractivity contribution is 7.87. The molecule has 1 aliphatic rings. The Morgan fingerprint density at radius 2 is 2.22 bits per heavy atom. The van der Waals surface area contributed by atoms with Gasteiger partial charge in [-0.2, -0.15) is 17.4 Å². The Kier molecular flexibility index (Phi) is 6.51. The molecule has 18 heavy (non-hydrogen) atoms. The number of hydrogen-bond acceptors (Lipinski definition) is 4. The van der Waals surface area contributed by atoms with Crippen molar-refractivity contribution in [2.75, 3.05) is 26.8 Å². The standard InChI is InChI=1S/C11H24N2O4S/c1-10(14)9-11-5-3-4-7-13(11)18(15,16)12-6-8-17-2/h10-12,14H,3-9H2,1-2H3. The van der Waals surface area contributed by atoms with E-state index in [2.05, 4.69) is 4.72 Å². The smallest absolute Gasteiger partial charge is 0.279 e. The molecule has 0 aromatic heterocycles. The molecule has 0 aromatic rings. The average Bonchev–Trinajstić information content (AvgIpc) is 2.29. The van der Waals surface area contributed by atoms with E-state index in [9.17, 15) is 13.5 Å². The van der Waals surface area contributed by atoms with Crippen molar-refractivity contribution in [1.82, 2.24) is 9.03 Å². The highest BCUT2D eigenvalue weighted by Gasteiger charge is 2.32. The lowest BCUT2D eigenvalue weighted by atomic mass is 10.00. The molecule has 0 saturated carbocycles. The summed E-state index contributed by atoms with van der Waals surface area (Å²) in [6, 6.07) is -0.0983. The van der Waals surface area contributed by atoms with E-state index in [1.807, 2.05) is 0 Å². The fourth-order valence-corrected chi connectivity index (χ4v) is 3.74. The molecule has 1 aliphatic heterocycles. The van der Waals surface area contributed by atoms with Gasteiger partial charge in [0.2, 0.25) is 0 Å². The molecular formula is C11H24N2O4S. The Labute approximate surface area is 109 Å². The van der Waals surface area contributed by atoms with Gasteiger partial charge in [0.25, 0.3) is 10.2 Å². The lowest BCUT2D eigenvalue weighted by Gasteiger charge is -2.35. The minimum absolute atomic E-state index is 0.0983. The van der Waals surface area contributed by atoms with Gasteiger partial charge in [0.15, 0.2) is 0 Å². The molecule has 6 nitrogen and oxygen atoms in total. The van der Waals surface area contributed by atoms with E-state index in [1.165, 1.54) is 11.4 Å². The minimum Gasteiger partial charge on any atom is -0.393 e. The molecule has 0 bridgehead atoms. The monoisotopic (exact) mass is 280 g/mol.